The summed E-state index contributed by atoms with van der Waals surface area (Å²) in [5.41, 5.74) is 1.10. The first kappa shape index (κ1) is 16.6. The fourth-order valence-electron chi connectivity index (χ4n) is 3.52. The zero-order chi connectivity index (χ0) is 17.2. The van der Waals surface area contributed by atoms with E-state index in [1.807, 2.05) is 12.3 Å². The van der Waals surface area contributed by atoms with Gasteiger partial charge in [-0.1, -0.05) is 5.16 Å². The first-order valence-corrected chi connectivity index (χ1v) is 9.13. The van der Waals surface area contributed by atoms with Crippen molar-refractivity contribution < 1.29 is 9.26 Å². The molecule has 1 aliphatic carbocycles. The standard InChI is InChI=1S/C18H25N5O2/c1-12(18-21-17(22-25-18)13-5-6-13)23-9-3-4-14(10-23)15-7-8-19-16(20-15)11-24-2/h7-8,12-14H,3-6,9-11H2,1-2H3/t12-,14+/m0/s1. The number of aromatic nitrogens is 4. The smallest absolute Gasteiger partial charge is 0.243 e. The summed E-state index contributed by atoms with van der Waals surface area (Å²) in [5.74, 6) is 3.30. The SMILES string of the molecule is COCc1nccc([C@@H]2CCCN([C@@H](C)c3nc(C4CC4)no3)C2)n1. The van der Waals surface area contributed by atoms with Gasteiger partial charge in [-0.25, -0.2) is 9.97 Å². The molecule has 2 atom stereocenters. The zero-order valence-corrected chi connectivity index (χ0v) is 14.9. The third kappa shape index (κ3) is 3.72. The number of likely N-dealkylation sites (tertiary alicyclic amines) is 1. The van der Waals surface area contributed by atoms with E-state index in [9.17, 15) is 0 Å². The van der Waals surface area contributed by atoms with Gasteiger partial charge >= 0.3 is 0 Å². The van der Waals surface area contributed by atoms with Crippen molar-refractivity contribution in [3.05, 3.63) is 35.5 Å². The molecule has 25 heavy (non-hydrogen) atoms. The molecular formula is C18H25N5O2. The van der Waals surface area contributed by atoms with Gasteiger partial charge in [0.15, 0.2) is 11.6 Å². The minimum atomic E-state index is 0.142. The summed E-state index contributed by atoms with van der Waals surface area (Å²) in [4.78, 5) is 16.0. The highest BCUT2D eigenvalue weighted by Gasteiger charge is 2.32. The molecule has 7 heteroatoms. The van der Waals surface area contributed by atoms with E-state index in [0.717, 1.165) is 49.2 Å². The minimum Gasteiger partial charge on any atom is -0.377 e. The lowest BCUT2D eigenvalue weighted by atomic mass is 9.93. The Morgan fingerprint density at radius 2 is 2.16 bits per heavy atom. The van der Waals surface area contributed by atoms with Crippen LogP contribution in [-0.2, 0) is 11.3 Å². The number of nitrogens with zero attached hydrogens (tertiary/aromatic N) is 5. The van der Waals surface area contributed by atoms with Crippen molar-refractivity contribution in [2.45, 2.75) is 57.1 Å². The maximum Gasteiger partial charge on any atom is 0.243 e. The van der Waals surface area contributed by atoms with Crippen molar-refractivity contribution in [1.29, 1.82) is 0 Å². The summed E-state index contributed by atoms with van der Waals surface area (Å²) < 4.78 is 10.7. The molecule has 0 radical (unpaired) electrons. The van der Waals surface area contributed by atoms with E-state index in [0.29, 0.717) is 18.4 Å². The van der Waals surface area contributed by atoms with Gasteiger partial charge in [-0.05, 0) is 45.2 Å². The van der Waals surface area contributed by atoms with E-state index in [1.165, 1.54) is 12.8 Å². The summed E-state index contributed by atoms with van der Waals surface area (Å²) in [6.45, 7) is 4.61. The van der Waals surface area contributed by atoms with Crippen LogP contribution in [0.25, 0.3) is 0 Å². The van der Waals surface area contributed by atoms with Crippen LogP contribution in [0.3, 0.4) is 0 Å². The predicted molar refractivity (Wildman–Crippen MR) is 91.0 cm³/mol. The molecule has 1 saturated heterocycles. The molecule has 3 heterocycles. The predicted octanol–water partition coefficient (Wildman–Crippen LogP) is 2.82. The van der Waals surface area contributed by atoms with Crippen LogP contribution < -0.4 is 0 Å². The van der Waals surface area contributed by atoms with Crippen LogP contribution in [0.2, 0.25) is 0 Å². The van der Waals surface area contributed by atoms with Crippen molar-refractivity contribution in [1.82, 2.24) is 25.0 Å². The van der Waals surface area contributed by atoms with Crippen molar-refractivity contribution in [3.8, 4) is 0 Å². The summed E-state index contributed by atoms with van der Waals surface area (Å²) in [6.07, 6.45) is 6.50. The van der Waals surface area contributed by atoms with Gasteiger partial charge in [0.05, 0.1) is 6.04 Å². The van der Waals surface area contributed by atoms with Crippen molar-refractivity contribution in [3.63, 3.8) is 0 Å². The monoisotopic (exact) mass is 343 g/mol. The number of rotatable bonds is 6. The lowest BCUT2D eigenvalue weighted by Gasteiger charge is -2.35. The summed E-state index contributed by atoms with van der Waals surface area (Å²) >= 11 is 0. The number of hydrogen-bond donors (Lipinski definition) is 0. The Bertz CT molecular complexity index is 715. The molecule has 0 unspecified atom stereocenters. The highest BCUT2D eigenvalue weighted by Crippen LogP contribution is 2.39. The van der Waals surface area contributed by atoms with Gasteiger partial charge in [-0.2, -0.15) is 4.98 Å². The van der Waals surface area contributed by atoms with Crippen LogP contribution in [0, 0.1) is 0 Å². The third-order valence-corrected chi connectivity index (χ3v) is 5.18. The molecule has 1 aliphatic heterocycles. The fourth-order valence-corrected chi connectivity index (χ4v) is 3.52. The molecule has 2 fully saturated rings. The number of methoxy groups -OCH3 is 1. The first-order valence-electron chi connectivity index (χ1n) is 9.13. The topological polar surface area (TPSA) is 77.2 Å². The second kappa shape index (κ2) is 7.17. The first-order chi connectivity index (χ1) is 12.2. The summed E-state index contributed by atoms with van der Waals surface area (Å²) in [6, 6.07) is 2.17. The lowest BCUT2D eigenvalue weighted by molar-refractivity contribution is 0.131. The van der Waals surface area contributed by atoms with E-state index in [2.05, 4.69) is 31.9 Å². The average molecular weight is 343 g/mol. The van der Waals surface area contributed by atoms with Gasteiger partial charge in [-0.3, -0.25) is 4.90 Å². The quantitative estimate of drug-likeness (QED) is 0.798. The Morgan fingerprint density at radius 1 is 1.28 bits per heavy atom. The Labute approximate surface area is 147 Å². The van der Waals surface area contributed by atoms with Gasteiger partial charge < -0.3 is 9.26 Å². The van der Waals surface area contributed by atoms with Gasteiger partial charge in [0.1, 0.15) is 6.61 Å². The van der Waals surface area contributed by atoms with Crippen LogP contribution in [0.5, 0.6) is 0 Å². The Morgan fingerprint density at radius 3 is 2.96 bits per heavy atom. The zero-order valence-electron chi connectivity index (χ0n) is 14.9. The Hall–Kier alpha value is -1.86. The van der Waals surface area contributed by atoms with Crippen LogP contribution in [0.4, 0.5) is 0 Å². The Kier molecular flexibility index (Phi) is 4.76. The number of hydrogen-bond acceptors (Lipinski definition) is 7. The summed E-state index contributed by atoms with van der Waals surface area (Å²) in [5, 5.41) is 4.16. The molecule has 2 aliphatic rings. The molecule has 0 N–H and O–H groups in total. The third-order valence-electron chi connectivity index (χ3n) is 5.18. The molecule has 1 saturated carbocycles. The molecule has 0 spiro atoms. The van der Waals surface area contributed by atoms with Crippen LogP contribution in [-0.4, -0.2) is 45.2 Å². The van der Waals surface area contributed by atoms with Crippen LogP contribution >= 0.6 is 0 Å². The number of ether oxygens (including phenoxy) is 1. The summed E-state index contributed by atoms with van der Waals surface area (Å²) in [7, 11) is 1.67. The Balaban J connectivity index is 1.45. The van der Waals surface area contributed by atoms with Crippen LogP contribution in [0.15, 0.2) is 16.8 Å². The van der Waals surface area contributed by atoms with E-state index in [1.54, 1.807) is 7.11 Å². The van der Waals surface area contributed by atoms with Gasteiger partial charge in [0.25, 0.3) is 0 Å². The highest BCUT2D eigenvalue weighted by atomic mass is 16.5. The molecule has 134 valence electrons. The molecule has 0 aromatic carbocycles. The highest BCUT2D eigenvalue weighted by molar-refractivity contribution is 5.11. The van der Waals surface area contributed by atoms with E-state index in [4.69, 9.17) is 9.26 Å². The number of piperidine rings is 1. The van der Waals surface area contributed by atoms with Crippen molar-refractivity contribution >= 4 is 0 Å². The normalized spacial score (nSPS) is 22.9. The van der Waals surface area contributed by atoms with Gasteiger partial charge in [0.2, 0.25) is 5.89 Å². The van der Waals surface area contributed by atoms with Gasteiger partial charge in [-0.15, -0.1) is 0 Å². The fraction of sp³-hybridized carbons (Fsp3) is 0.667. The van der Waals surface area contributed by atoms with E-state index in [-0.39, 0.29) is 6.04 Å². The average Bonchev–Trinajstić information content (AvgIpc) is 3.39. The largest absolute Gasteiger partial charge is 0.377 e. The maximum absolute atomic E-state index is 5.53. The lowest BCUT2D eigenvalue weighted by Crippen LogP contribution is -2.36. The van der Waals surface area contributed by atoms with Gasteiger partial charge in [0, 0.05) is 37.4 Å². The molecule has 7 nitrogen and oxygen atoms in total. The van der Waals surface area contributed by atoms with Crippen LogP contribution in [0.1, 0.15) is 73.7 Å². The van der Waals surface area contributed by atoms with E-state index < -0.39 is 0 Å². The second-order valence-electron chi connectivity index (χ2n) is 7.11. The molecule has 2 aromatic heterocycles. The van der Waals surface area contributed by atoms with E-state index >= 15 is 0 Å². The molecule has 4 rings (SSSR count). The second-order valence-corrected chi connectivity index (χ2v) is 7.11. The van der Waals surface area contributed by atoms with Crippen molar-refractivity contribution in [2.24, 2.45) is 0 Å². The molecule has 2 aromatic rings. The molecular weight excluding hydrogens is 318 g/mol. The molecule has 0 bridgehead atoms. The van der Waals surface area contributed by atoms with Crippen molar-refractivity contribution in [2.75, 3.05) is 20.2 Å². The minimum absolute atomic E-state index is 0.142. The maximum atomic E-state index is 5.53. The molecule has 0 amide bonds.